The van der Waals surface area contributed by atoms with Crippen LogP contribution in [-0.2, 0) is 0 Å². The Bertz CT molecular complexity index is 1220. The number of aromatic nitrogens is 2. The molecule has 2 aliphatic rings. The van der Waals surface area contributed by atoms with Gasteiger partial charge < -0.3 is 15.1 Å². The summed E-state index contributed by atoms with van der Waals surface area (Å²) in [4.78, 5) is 38.3. The van der Waals surface area contributed by atoms with E-state index in [1.165, 1.54) is 24.8 Å². The molecule has 8 heteroatoms. The van der Waals surface area contributed by atoms with Gasteiger partial charge in [-0.1, -0.05) is 12.1 Å². The van der Waals surface area contributed by atoms with Gasteiger partial charge in [0.15, 0.2) is 0 Å². The average molecular weight is 488 g/mol. The summed E-state index contributed by atoms with van der Waals surface area (Å²) in [6.45, 7) is 1.54. The summed E-state index contributed by atoms with van der Waals surface area (Å²) < 4.78 is 13.5. The molecule has 2 amide bonds. The maximum absolute atomic E-state index is 13.5. The molecule has 1 N–H and O–H groups in total. The zero-order valence-electron chi connectivity index (χ0n) is 20.4. The number of halogens is 1. The number of nitrogens with one attached hydrogen (secondary N) is 1. The van der Waals surface area contributed by atoms with Crippen LogP contribution < -0.4 is 10.2 Å². The van der Waals surface area contributed by atoms with Crippen LogP contribution in [0.15, 0.2) is 60.9 Å². The fourth-order valence-electron chi connectivity index (χ4n) is 4.71. The summed E-state index contributed by atoms with van der Waals surface area (Å²) in [7, 11) is 1.87. The number of rotatable bonds is 6. The molecule has 5 rings (SSSR count). The smallest absolute Gasteiger partial charge is 0.255 e. The molecule has 1 aliphatic carbocycles. The summed E-state index contributed by atoms with van der Waals surface area (Å²) in [6, 6.07) is 13.9. The first-order valence-electron chi connectivity index (χ1n) is 12.5. The molecular weight excluding hydrogens is 457 g/mol. The molecule has 7 nitrogen and oxygen atoms in total. The number of amides is 2. The standard InChI is InChI=1S/C28H30FN5O2/c1-33(24-6-3-7-24)28(36)21-9-11-26(31-18-21)34-14-12-23(13-15-34)32-27(35)20-8-10-25(30-17-20)19-4-2-5-22(29)16-19/h2,4-5,8-11,16-18,23-24H,3,6-7,12-15H2,1H3,(H,32,35). The van der Waals surface area contributed by atoms with Crippen LogP contribution in [0, 0.1) is 5.82 Å². The number of benzene rings is 1. The van der Waals surface area contributed by atoms with Gasteiger partial charge in [0.2, 0.25) is 0 Å². The number of piperidine rings is 1. The van der Waals surface area contributed by atoms with Gasteiger partial charge in [-0.15, -0.1) is 0 Å². The second-order valence-corrected chi connectivity index (χ2v) is 9.58. The van der Waals surface area contributed by atoms with Crippen molar-refractivity contribution in [1.29, 1.82) is 0 Å². The van der Waals surface area contributed by atoms with Crippen molar-refractivity contribution in [2.45, 2.75) is 44.2 Å². The molecule has 3 aromatic rings. The second-order valence-electron chi connectivity index (χ2n) is 9.58. The number of carbonyl (C=O) groups is 2. The maximum Gasteiger partial charge on any atom is 0.255 e. The fraction of sp³-hybridized carbons (Fsp3) is 0.357. The van der Waals surface area contributed by atoms with Crippen molar-refractivity contribution in [3.63, 3.8) is 0 Å². The first-order valence-corrected chi connectivity index (χ1v) is 12.5. The van der Waals surface area contributed by atoms with E-state index >= 15 is 0 Å². The third-order valence-electron chi connectivity index (χ3n) is 7.24. The lowest BCUT2D eigenvalue weighted by atomic mass is 9.91. The van der Waals surface area contributed by atoms with E-state index in [9.17, 15) is 14.0 Å². The molecule has 0 atom stereocenters. The molecule has 1 saturated heterocycles. The average Bonchev–Trinajstić information content (AvgIpc) is 2.88. The zero-order valence-corrected chi connectivity index (χ0v) is 20.4. The van der Waals surface area contributed by atoms with E-state index in [2.05, 4.69) is 20.2 Å². The first-order chi connectivity index (χ1) is 17.5. The normalized spacial score (nSPS) is 16.3. The maximum atomic E-state index is 13.5. The predicted octanol–water partition coefficient (Wildman–Crippen LogP) is 4.31. The third-order valence-corrected chi connectivity index (χ3v) is 7.24. The highest BCUT2D eigenvalue weighted by Gasteiger charge is 2.27. The van der Waals surface area contributed by atoms with Crippen molar-refractivity contribution in [1.82, 2.24) is 20.2 Å². The highest BCUT2D eigenvalue weighted by molar-refractivity contribution is 5.95. The molecule has 186 valence electrons. The van der Waals surface area contributed by atoms with Crippen molar-refractivity contribution in [3.05, 3.63) is 77.9 Å². The number of anilines is 1. The number of hydrogen-bond acceptors (Lipinski definition) is 5. The van der Waals surface area contributed by atoms with Crippen LogP contribution in [0.1, 0.15) is 52.8 Å². The van der Waals surface area contributed by atoms with E-state index in [4.69, 9.17) is 0 Å². The van der Waals surface area contributed by atoms with Crippen LogP contribution in [0.2, 0.25) is 0 Å². The molecule has 3 heterocycles. The molecule has 1 aromatic carbocycles. The van der Waals surface area contributed by atoms with E-state index in [0.717, 1.165) is 44.6 Å². The van der Waals surface area contributed by atoms with Gasteiger partial charge in [0.1, 0.15) is 11.6 Å². The first kappa shape index (κ1) is 23.9. The molecule has 1 aliphatic heterocycles. The van der Waals surface area contributed by atoms with E-state index in [1.54, 1.807) is 30.5 Å². The van der Waals surface area contributed by atoms with E-state index in [-0.39, 0.29) is 23.7 Å². The minimum Gasteiger partial charge on any atom is -0.356 e. The fourth-order valence-corrected chi connectivity index (χ4v) is 4.71. The summed E-state index contributed by atoms with van der Waals surface area (Å²) >= 11 is 0. The van der Waals surface area contributed by atoms with Crippen LogP contribution >= 0.6 is 0 Å². The Morgan fingerprint density at radius 3 is 2.33 bits per heavy atom. The molecule has 0 radical (unpaired) electrons. The molecule has 0 spiro atoms. The van der Waals surface area contributed by atoms with E-state index in [0.29, 0.717) is 28.4 Å². The Morgan fingerprint density at radius 1 is 0.972 bits per heavy atom. The van der Waals surface area contributed by atoms with Gasteiger partial charge in [-0.2, -0.15) is 0 Å². The van der Waals surface area contributed by atoms with Gasteiger partial charge in [-0.25, -0.2) is 9.37 Å². The Morgan fingerprint density at radius 2 is 1.72 bits per heavy atom. The lowest BCUT2D eigenvalue weighted by Gasteiger charge is -2.35. The third kappa shape index (κ3) is 5.22. The zero-order chi connectivity index (χ0) is 25.1. The van der Waals surface area contributed by atoms with Crippen LogP contribution in [0.4, 0.5) is 10.2 Å². The summed E-state index contributed by atoms with van der Waals surface area (Å²) in [5.41, 5.74) is 2.39. The van der Waals surface area contributed by atoms with Crippen molar-refractivity contribution in [3.8, 4) is 11.3 Å². The summed E-state index contributed by atoms with van der Waals surface area (Å²) in [5.74, 6) is 0.389. The van der Waals surface area contributed by atoms with Gasteiger partial charge in [0.05, 0.1) is 16.8 Å². The molecule has 0 unspecified atom stereocenters. The monoisotopic (exact) mass is 487 g/mol. The van der Waals surface area contributed by atoms with Crippen LogP contribution in [0.3, 0.4) is 0 Å². The molecule has 2 aromatic heterocycles. The largest absolute Gasteiger partial charge is 0.356 e. The quantitative estimate of drug-likeness (QED) is 0.561. The lowest BCUT2D eigenvalue weighted by Crippen LogP contribution is -2.45. The van der Waals surface area contributed by atoms with E-state index in [1.807, 2.05) is 24.1 Å². The van der Waals surface area contributed by atoms with Crippen molar-refractivity contribution >= 4 is 17.6 Å². The minimum absolute atomic E-state index is 0.0265. The molecule has 36 heavy (non-hydrogen) atoms. The number of nitrogens with zero attached hydrogens (tertiary/aromatic N) is 4. The Kier molecular flexibility index (Phi) is 6.93. The number of carbonyl (C=O) groups excluding carboxylic acids is 2. The van der Waals surface area contributed by atoms with Crippen LogP contribution in [0.5, 0.6) is 0 Å². The highest BCUT2D eigenvalue weighted by Crippen LogP contribution is 2.25. The summed E-state index contributed by atoms with van der Waals surface area (Å²) in [5, 5.41) is 3.10. The van der Waals surface area contributed by atoms with Gasteiger partial charge in [-0.3, -0.25) is 14.6 Å². The highest BCUT2D eigenvalue weighted by atomic mass is 19.1. The van der Waals surface area contributed by atoms with Crippen molar-refractivity contribution < 1.29 is 14.0 Å². The Hall–Kier alpha value is -3.81. The molecule has 2 fully saturated rings. The predicted molar refractivity (Wildman–Crippen MR) is 136 cm³/mol. The Balaban J connectivity index is 1.12. The second kappa shape index (κ2) is 10.4. The van der Waals surface area contributed by atoms with Crippen molar-refractivity contribution in [2.75, 3.05) is 25.0 Å². The van der Waals surface area contributed by atoms with Gasteiger partial charge in [0.25, 0.3) is 11.8 Å². The molecule has 1 saturated carbocycles. The van der Waals surface area contributed by atoms with E-state index < -0.39 is 0 Å². The molecule has 0 bridgehead atoms. The SMILES string of the molecule is CN(C(=O)c1ccc(N2CCC(NC(=O)c3ccc(-c4cccc(F)c4)nc3)CC2)nc1)C1CCC1. The lowest BCUT2D eigenvalue weighted by molar-refractivity contribution is 0.0651. The van der Waals surface area contributed by atoms with Crippen molar-refractivity contribution in [2.24, 2.45) is 0 Å². The van der Waals surface area contributed by atoms with Crippen LogP contribution in [-0.4, -0.2) is 58.9 Å². The number of hydrogen-bond donors (Lipinski definition) is 1. The van der Waals surface area contributed by atoms with Gasteiger partial charge in [-0.05, 0) is 68.5 Å². The Labute approximate surface area is 210 Å². The minimum atomic E-state index is -0.321. The summed E-state index contributed by atoms with van der Waals surface area (Å²) in [6.07, 6.45) is 8.14. The van der Waals surface area contributed by atoms with Gasteiger partial charge in [0, 0.05) is 50.2 Å². The number of pyridine rings is 2. The van der Waals surface area contributed by atoms with Gasteiger partial charge >= 0.3 is 0 Å². The van der Waals surface area contributed by atoms with Crippen LogP contribution in [0.25, 0.3) is 11.3 Å². The molecular formula is C28H30FN5O2. The topological polar surface area (TPSA) is 78.4 Å².